The third kappa shape index (κ3) is 11.3. The number of thioether (sulfide) groups is 1. The Kier molecular flexibility index (Phi) is 15.8. The first-order valence-electron chi connectivity index (χ1n) is 36.9. The highest BCUT2D eigenvalue weighted by molar-refractivity contribution is 7.98. The molecule has 2 unspecified atom stereocenters. The minimum Gasteiger partial charge on any atom is -0.328 e. The zero-order chi connectivity index (χ0) is 72.9. The Morgan fingerprint density at radius 2 is 0.673 bits per heavy atom. The zero-order valence-corrected chi connectivity index (χ0v) is 66.2. The van der Waals surface area contributed by atoms with E-state index >= 15 is 0 Å². The second kappa shape index (κ2) is 23.0. The standard InChI is InChI=1S/C95H107N5S/c1-87(2,3)57-29-38-75-66(47-57)67-48-58(88(4,5)6)30-39-76(67)97(75)83-73(55-96)84(100-81-44-35-63(93(19,20)21)53-72(81)74-54-64(94(22,23)24)45-46-95(74,100)25)86(99-79-42-33-61(91(13,14)15)51-70(79)71-52-62(92(16,17)18)34-43-80(71)99)82(56-27-36-65(101-26)37-28-56)85(83)98-77-40-31-59(89(7,8)9)49-68(77)69-50-60(90(10,11)12)32-41-78(69)98/h27-54,74H,1-26H3. The molecule has 0 radical (unpaired) electrons. The smallest absolute Gasteiger partial charge is 0.104 e. The number of benzene rings is 9. The number of nitrogens with zero attached hydrogens (tertiary/aromatic N) is 5. The third-order valence-electron chi connectivity index (χ3n) is 22.7. The van der Waals surface area contributed by atoms with E-state index in [1.54, 1.807) is 11.8 Å². The van der Waals surface area contributed by atoms with Crippen molar-refractivity contribution < 1.29 is 0 Å². The van der Waals surface area contributed by atoms with E-state index < -0.39 is 5.54 Å². The van der Waals surface area contributed by atoms with Crippen LogP contribution in [0.25, 0.3) is 93.6 Å². The number of aromatic nitrogens is 3. The summed E-state index contributed by atoms with van der Waals surface area (Å²) in [6, 6.07) is 63.4. The van der Waals surface area contributed by atoms with Crippen LogP contribution in [0.4, 0.5) is 11.4 Å². The van der Waals surface area contributed by atoms with Gasteiger partial charge in [0.05, 0.1) is 61.4 Å². The Balaban J connectivity index is 1.35. The molecule has 1 aliphatic heterocycles. The quantitative estimate of drug-likeness (QED) is 0.156. The van der Waals surface area contributed by atoms with Crippen molar-refractivity contribution in [1.82, 2.24) is 13.7 Å². The van der Waals surface area contributed by atoms with Gasteiger partial charge in [-0.15, -0.1) is 11.8 Å². The molecule has 0 bridgehead atoms. The van der Waals surface area contributed by atoms with Crippen LogP contribution in [0.5, 0.6) is 0 Å². The van der Waals surface area contributed by atoms with Gasteiger partial charge in [0, 0.05) is 54.4 Å². The Labute approximate surface area is 607 Å². The Morgan fingerprint density at radius 1 is 0.366 bits per heavy atom. The normalized spacial score (nSPS) is 16.6. The molecule has 0 saturated heterocycles. The predicted molar refractivity (Wildman–Crippen MR) is 439 cm³/mol. The van der Waals surface area contributed by atoms with Crippen molar-refractivity contribution in [2.45, 2.75) is 227 Å². The number of anilines is 2. The second-order valence-electron chi connectivity index (χ2n) is 38.2. The van der Waals surface area contributed by atoms with E-state index in [1.165, 1.54) is 76.5 Å². The van der Waals surface area contributed by atoms with Gasteiger partial charge in [0.1, 0.15) is 11.6 Å². The highest BCUT2D eigenvalue weighted by Crippen LogP contribution is 2.62. The van der Waals surface area contributed by atoms with Crippen molar-refractivity contribution in [2.75, 3.05) is 11.2 Å². The molecule has 3 aromatic heterocycles. The van der Waals surface area contributed by atoms with Gasteiger partial charge in [0.15, 0.2) is 0 Å². The van der Waals surface area contributed by atoms with Crippen LogP contribution < -0.4 is 4.90 Å². The van der Waals surface area contributed by atoms with Gasteiger partial charge in [0.25, 0.3) is 0 Å². The molecule has 1 aliphatic carbocycles. The van der Waals surface area contributed by atoms with Crippen molar-refractivity contribution in [3.05, 3.63) is 226 Å². The lowest BCUT2D eigenvalue weighted by molar-refractivity contribution is 0.482. The van der Waals surface area contributed by atoms with E-state index in [2.05, 4.69) is 374 Å². The third-order valence-corrected chi connectivity index (χ3v) is 23.4. The predicted octanol–water partition coefficient (Wildman–Crippen LogP) is 26.9. The van der Waals surface area contributed by atoms with E-state index in [-0.39, 0.29) is 49.2 Å². The van der Waals surface area contributed by atoms with Crippen LogP contribution >= 0.6 is 11.8 Å². The lowest BCUT2D eigenvalue weighted by Gasteiger charge is -2.43. The molecule has 12 aromatic rings. The van der Waals surface area contributed by atoms with Crippen molar-refractivity contribution in [3.63, 3.8) is 0 Å². The van der Waals surface area contributed by atoms with Crippen LogP contribution in [0.2, 0.25) is 0 Å². The Hall–Kier alpha value is -8.50. The largest absolute Gasteiger partial charge is 0.328 e. The molecule has 9 aromatic carbocycles. The topological polar surface area (TPSA) is 41.8 Å². The lowest BCUT2D eigenvalue weighted by Crippen LogP contribution is -2.43. The first kappa shape index (κ1) is 69.6. The minimum absolute atomic E-state index is 0.0982. The average Bonchev–Trinajstić information content (AvgIpc) is 1.54. The molecule has 0 fully saturated rings. The highest BCUT2D eigenvalue weighted by Gasteiger charge is 2.52. The van der Waals surface area contributed by atoms with Gasteiger partial charge >= 0.3 is 0 Å². The maximum Gasteiger partial charge on any atom is 0.104 e. The molecule has 14 rings (SSSR count). The van der Waals surface area contributed by atoms with Gasteiger partial charge in [0.2, 0.25) is 0 Å². The van der Waals surface area contributed by atoms with Gasteiger partial charge < -0.3 is 18.6 Å². The second-order valence-corrected chi connectivity index (χ2v) is 39.0. The van der Waals surface area contributed by atoms with Crippen LogP contribution in [-0.2, 0) is 37.9 Å². The molecular weight excluding hydrogens is 1240 g/mol. The fourth-order valence-electron chi connectivity index (χ4n) is 16.3. The van der Waals surface area contributed by atoms with Crippen molar-refractivity contribution in [3.8, 4) is 34.3 Å². The van der Waals surface area contributed by atoms with E-state index in [0.717, 1.165) is 83.4 Å². The number of nitriles is 1. The number of fused-ring (bicyclic) bond motifs is 12. The van der Waals surface area contributed by atoms with Crippen LogP contribution in [0.15, 0.2) is 180 Å². The maximum absolute atomic E-state index is 13.8. The van der Waals surface area contributed by atoms with E-state index in [0.29, 0.717) is 5.56 Å². The molecule has 2 aliphatic rings. The van der Waals surface area contributed by atoms with E-state index in [4.69, 9.17) is 0 Å². The fraction of sp³-hybridized carbons (Fsp3) is 0.379. The van der Waals surface area contributed by atoms with Gasteiger partial charge in [-0.25, -0.2) is 0 Å². The summed E-state index contributed by atoms with van der Waals surface area (Å²) in [5.74, 6) is -0.0982. The molecule has 0 saturated carbocycles. The summed E-state index contributed by atoms with van der Waals surface area (Å²) in [7, 11) is 0. The zero-order valence-electron chi connectivity index (χ0n) is 65.4. The Morgan fingerprint density at radius 3 is 0.980 bits per heavy atom. The van der Waals surface area contributed by atoms with E-state index in [9.17, 15) is 5.26 Å². The van der Waals surface area contributed by atoms with Gasteiger partial charge in [-0.2, -0.15) is 5.26 Å². The van der Waals surface area contributed by atoms with Gasteiger partial charge in [-0.1, -0.05) is 245 Å². The monoisotopic (exact) mass is 1350 g/mol. The molecule has 0 N–H and O–H groups in total. The number of hydrogen-bond acceptors (Lipinski definition) is 3. The van der Waals surface area contributed by atoms with Crippen LogP contribution in [-0.4, -0.2) is 25.5 Å². The molecule has 101 heavy (non-hydrogen) atoms. The fourth-order valence-corrected chi connectivity index (χ4v) is 16.7. The molecular formula is C95H107N5S. The van der Waals surface area contributed by atoms with E-state index in [1.807, 2.05) is 0 Å². The summed E-state index contributed by atoms with van der Waals surface area (Å²) in [5, 5.41) is 20.9. The molecule has 0 spiro atoms. The van der Waals surface area contributed by atoms with Crippen molar-refractivity contribution in [1.29, 1.82) is 5.26 Å². The number of rotatable bonds is 6. The van der Waals surface area contributed by atoms with Crippen LogP contribution in [0.1, 0.15) is 229 Å². The Bertz CT molecular complexity index is 5330. The summed E-state index contributed by atoms with van der Waals surface area (Å²) < 4.78 is 7.77. The molecule has 518 valence electrons. The van der Waals surface area contributed by atoms with Crippen LogP contribution in [0.3, 0.4) is 0 Å². The van der Waals surface area contributed by atoms with Crippen LogP contribution in [0, 0.1) is 16.7 Å². The minimum atomic E-state index is -0.742. The molecule has 5 nitrogen and oxygen atoms in total. The number of hydrogen-bond donors (Lipinski definition) is 0. The molecule has 6 heteroatoms. The average molecular weight is 1350 g/mol. The van der Waals surface area contributed by atoms with Gasteiger partial charge in [-0.3, -0.25) is 0 Å². The van der Waals surface area contributed by atoms with Crippen molar-refractivity contribution in [2.24, 2.45) is 5.41 Å². The highest BCUT2D eigenvalue weighted by atomic mass is 32.2. The SMILES string of the molecule is CSc1ccc(-c2c(-n3c4ccc(C(C)(C)C)cc4c4cc(C(C)(C)C)ccc43)c(N3c4ccc(C(C)(C)C)cc4C4C=C(C(C)(C)C)C=CC43C)c(C#N)c(-n3c4ccc(C(C)(C)C)cc4c4cc(C(C)(C)C)ccc43)c2-n2c3ccc(C(C)(C)C)cc3c3cc(C(C)(C)C)ccc32)cc1. The molecule has 0 amide bonds. The van der Waals surface area contributed by atoms with Crippen molar-refractivity contribution >= 4 is 88.6 Å². The summed E-state index contributed by atoms with van der Waals surface area (Å²) in [5.41, 5.74) is 23.2. The first-order valence-corrected chi connectivity index (χ1v) is 38.1. The summed E-state index contributed by atoms with van der Waals surface area (Å²) in [6.45, 7) is 58.4. The molecule has 2 atom stereocenters. The first-order chi connectivity index (χ1) is 46.9. The summed E-state index contributed by atoms with van der Waals surface area (Å²) in [6.07, 6.45) is 9.68. The summed E-state index contributed by atoms with van der Waals surface area (Å²) in [4.78, 5) is 3.84. The van der Waals surface area contributed by atoms with Gasteiger partial charge in [-0.05, 0) is 203 Å². The maximum atomic E-state index is 13.8. The summed E-state index contributed by atoms with van der Waals surface area (Å²) >= 11 is 1.77. The molecule has 4 heterocycles. The lowest BCUT2D eigenvalue weighted by atomic mass is 9.72. The number of allylic oxidation sites excluding steroid dienone is 2.